The van der Waals surface area contributed by atoms with Gasteiger partial charge in [-0.25, -0.2) is 0 Å². The molecule has 5 nitrogen and oxygen atoms in total. The number of rotatable bonds is 4. The van der Waals surface area contributed by atoms with Crippen LogP contribution in [0.1, 0.15) is 16.1 Å². The molecule has 1 amide bonds. The molecule has 6 heteroatoms. The molecule has 25 heavy (non-hydrogen) atoms. The van der Waals surface area contributed by atoms with Crippen molar-refractivity contribution in [3.63, 3.8) is 0 Å². The van der Waals surface area contributed by atoms with Crippen LogP contribution in [0.15, 0.2) is 47.8 Å². The Hall–Kier alpha value is -2.60. The van der Waals surface area contributed by atoms with Gasteiger partial charge in [0.05, 0.1) is 17.1 Å². The second kappa shape index (κ2) is 6.37. The van der Waals surface area contributed by atoms with Gasteiger partial charge in [0, 0.05) is 20.5 Å². The predicted octanol–water partition coefficient (Wildman–Crippen LogP) is 3.22. The Labute approximate surface area is 150 Å². The number of ether oxygens (including phenoxy) is 1. The zero-order valence-corrected chi connectivity index (χ0v) is 15.0. The standard InChI is InChI=1S/C19H19N3O2S/c1-21(12-14-10-13-6-3-4-7-17(13)24-14)19(23)15-11-16(22(2)20-15)18-8-5-9-25-18/h3-9,11,14H,10,12H2,1-2H3/t14-/m0/s1. The van der Waals surface area contributed by atoms with Crippen LogP contribution in [0.4, 0.5) is 0 Å². The first-order chi connectivity index (χ1) is 12.1. The molecule has 4 rings (SSSR count). The summed E-state index contributed by atoms with van der Waals surface area (Å²) in [6.45, 7) is 0.540. The number of hydrogen-bond donors (Lipinski definition) is 0. The van der Waals surface area contributed by atoms with Gasteiger partial charge in [-0.3, -0.25) is 9.48 Å². The van der Waals surface area contributed by atoms with E-state index in [2.05, 4.69) is 11.2 Å². The minimum atomic E-state index is -0.0852. The Morgan fingerprint density at radius 3 is 2.96 bits per heavy atom. The van der Waals surface area contributed by atoms with Gasteiger partial charge in [0.25, 0.3) is 5.91 Å². The quantitative estimate of drug-likeness (QED) is 0.723. The first kappa shape index (κ1) is 15.9. The highest BCUT2D eigenvalue weighted by Gasteiger charge is 2.26. The van der Waals surface area contributed by atoms with E-state index in [-0.39, 0.29) is 12.0 Å². The zero-order chi connectivity index (χ0) is 17.4. The van der Waals surface area contributed by atoms with E-state index in [0.29, 0.717) is 12.2 Å². The molecule has 0 fully saturated rings. The molecule has 3 heterocycles. The van der Waals surface area contributed by atoms with Crippen molar-refractivity contribution >= 4 is 17.2 Å². The summed E-state index contributed by atoms with van der Waals surface area (Å²) >= 11 is 1.64. The number of carbonyl (C=O) groups excluding carboxylic acids is 1. The molecular formula is C19H19N3O2S. The molecule has 1 aromatic carbocycles. The molecule has 0 spiro atoms. The summed E-state index contributed by atoms with van der Waals surface area (Å²) in [5, 5.41) is 6.41. The van der Waals surface area contributed by atoms with Gasteiger partial charge in [-0.15, -0.1) is 11.3 Å². The number of aromatic nitrogens is 2. The molecule has 0 radical (unpaired) electrons. The number of nitrogens with zero attached hydrogens (tertiary/aromatic N) is 3. The number of benzene rings is 1. The molecule has 128 valence electrons. The molecule has 2 aromatic heterocycles. The molecule has 0 aliphatic carbocycles. The van der Waals surface area contributed by atoms with Crippen molar-refractivity contribution in [2.45, 2.75) is 12.5 Å². The molecule has 3 aromatic rings. The minimum Gasteiger partial charge on any atom is -0.488 e. The van der Waals surface area contributed by atoms with Crippen LogP contribution in [0.25, 0.3) is 10.6 Å². The summed E-state index contributed by atoms with van der Waals surface area (Å²) < 4.78 is 7.69. The molecular weight excluding hydrogens is 334 g/mol. The maximum absolute atomic E-state index is 12.7. The average molecular weight is 353 g/mol. The lowest BCUT2D eigenvalue weighted by Gasteiger charge is -2.20. The molecule has 0 N–H and O–H groups in total. The zero-order valence-electron chi connectivity index (χ0n) is 14.2. The molecule has 0 bridgehead atoms. The van der Waals surface area contributed by atoms with E-state index in [1.54, 1.807) is 28.0 Å². The van der Waals surface area contributed by atoms with Gasteiger partial charge < -0.3 is 9.64 Å². The van der Waals surface area contributed by atoms with Crippen LogP contribution >= 0.6 is 11.3 Å². The van der Waals surface area contributed by atoms with E-state index in [4.69, 9.17) is 4.74 Å². The van der Waals surface area contributed by atoms with Crippen molar-refractivity contribution in [3.8, 4) is 16.3 Å². The lowest BCUT2D eigenvalue weighted by Crippen LogP contribution is -2.36. The molecule has 1 aliphatic heterocycles. The molecule has 1 atom stereocenters. The third-order valence-corrected chi connectivity index (χ3v) is 5.30. The highest BCUT2D eigenvalue weighted by molar-refractivity contribution is 7.13. The van der Waals surface area contributed by atoms with Crippen molar-refractivity contribution in [2.75, 3.05) is 13.6 Å². The summed E-state index contributed by atoms with van der Waals surface area (Å²) in [5.41, 5.74) is 2.62. The maximum atomic E-state index is 12.7. The summed E-state index contributed by atoms with van der Waals surface area (Å²) in [6, 6.07) is 13.9. The molecule has 0 unspecified atom stereocenters. The van der Waals surface area contributed by atoms with Crippen LogP contribution in [-0.4, -0.2) is 40.3 Å². The first-order valence-electron chi connectivity index (χ1n) is 8.20. The Bertz CT molecular complexity index is 876. The fourth-order valence-electron chi connectivity index (χ4n) is 3.17. The van der Waals surface area contributed by atoms with Crippen LogP contribution < -0.4 is 4.74 Å². The monoisotopic (exact) mass is 353 g/mol. The second-order valence-electron chi connectivity index (χ2n) is 6.25. The number of thiophene rings is 1. The topological polar surface area (TPSA) is 47.4 Å². The van der Waals surface area contributed by atoms with Gasteiger partial charge >= 0.3 is 0 Å². The van der Waals surface area contributed by atoms with E-state index in [9.17, 15) is 4.79 Å². The van der Waals surface area contributed by atoms with Gasteiger partial charge in [0.2, 0.25) is 0 Å². The van der Waals surface area contributed by atoms with Crippen molar-refractivity contribution in [2.24, 2.45) is 7.05 Å². The highest BCUT2D eigenvalue weighted by Crippen LogP contribution is 2.29. The second-order valence-corrected chi connectivity index (χ2v) is 7.20. The number of amides is 1. The van der Waals surface area contributed by atoms with Gasteiger partial charge in [0.15, 0.2) is 5.69 Å². The molecule has 0 saturated carbocycles. The Morgan fingerprint density at radius 2 is 2.20 bits per heavy atom. The van der Waals surface area contributed by atoms with Crippen molar-refractivity contribution in [1.82, 2.24) is 14.7 Å². The lowest BCUT2D eigenvalue weighted by molar-refractivity contribution is 0.0724. The number of fused-ring (bicyclic) bond motifs is 1. The van der Waals surface area contributed by atoms with E-state index < -0.39 is 0 Å². The summed E-state index contributed by atoms with van der Waals surface area (Å²) in [6.07, 6.45) is 0.822. The van der Waals surface area contributed by atoms with E-state index in [1.807, 2.05) is 48.8 Å². The number of aryl methyl sites for hydroxylation is 1. The van der Waals surface area contributed by atoms with E-state index in [1.165, 1.54) is 5.56 Å². The maximum Gasteiger partial charge on any atom is 0.274 e. The summed E-state index contributed by atoms with van der Waals surface area (Å²) in [4.78, 5) is 15.5. The fraction of sp³-hybridized carbons (Fsp3) is 0.263. The lowest BCUT2D eigenvalue weighted by atomic mass is 10.1. The first-order valence-corrected chi connectivity index (χ1v) is 9.07. The number of carbonyl (C=O) groups is 1. The number of likely N-dealkylation sites (N-methyl/N-ethyl adjacent to an activating group) is 1. The third-order valence-electron chi connectivity index (χ3n) is 4.41. The van der Waals surface area contributed by atoms with Crippen LogP contribution in [0.3, 0.4) is 0 Å². The third kappa shape index (κ3) is 3.05. The van der Waals surface area contributed by atoms with Crippen LogP contribution in [0.2, 0.25) is 0 Å². The summed E-state index contributed by atoms with van der Waals surface area (Å²) in [5.74, 6) is 0.837. The van der Waals surface area contributed by atoms with Gasteiger partial charge in [-0.05, 0) is 29.1 Å². The Kier molecular flexibility index (Phi) is 4.05. The Balaban J connectivity index is 1.46. The van der Waals surface area contributed by atoms with Crippen LogP contribution in [0, 0.1) is 0 Å². The predicted molar refractivity (Wildman–Crippen MR) is 98.0 cm³/mol. The molecule has 1 aliphatic rings. The largest absolute Gasteiger partial charge is 0.488 e. The van der Waals surface area contributed by atoms with Crippen molar-refractivity contribution in [1.29, 1.82) is 0 Å². The molecule has 0 saturated heterocycles. The Morgan fingerprint density at radius 1 is 1.36 bits per heavy atom. The SMILES string of the molecule is CN(C[C@@H]1Cc2ccccc2O1)C(=O)c1cc(-c2cccs2)n(C)n1. The summed E-state index contributed by atoms with van der Waals surface area (Å²) in [7, 11) is 3.66. The normalized spacial score (nSPS) is 15.7. The van der Waals surface area contributed by atoms with Crippen LogP contribution in [0.5, 0.6) is 5.75 Å². The van der Waals surface area contributed by atoms with Crippen LogP contribution in [-0.2, 0) is 13.5 Å². The van der Waals surface area contributed by atoms with Crippen molar-refractivity contribution < 1.29 is 9.53 Å². The van der Waals surface area contributed by atoms with Crippen molar-refractivity contribution in [3.05, 3.63) is 59.1 Å². The van der Waals surface area contributed by atoms with E-state index in [0.717, 1.165) is 22.7 Å². The number of hydrogen-bond acceptors (Lipinski definition) is 4. The van der Waals surface area contributed by atoms with Gasteiger partial charge in [0.1, 0.15) is 11.9 Å². The smallest absolute Gasteiger partial charge is 0.274 e. The fourth-order valence-corrected chi connectivity index (χ4v) is 3.94. The minimum absolute atomic E-state index is 0.00757. The van der Waals surface area contributed by atoms with E-state index >= 15 is 0 Å². The number of para-hydroxylation sites is 1. The highest BCUT2D eigenvalue weighted by atomic mass is 32.1. The van der Waals surface area contributed by atoms with Gasteiger partial charge in [-0.2, -0.15) is 5.10 Å². The van der Waals surface area contributed by atoms with Gasteiger partial charge in [-0.1, -0.05) is 24.3 Å². The average Bonchev–Trinajstić information content (AvgIpc) is 3.32.